The summed E-state index contributed by atoms with van der Waals surface area (Å²) in [5.74, 6) is -0.0436. The quantitative estimate of drug-likeness (QED) is 0.0320. The number of aliphatic hydroxyl groups excluding tert-OH is 2. The van der Waals surface area contributed by atoms with Crippen LogP contribution in [0.15, 0.2) is 24.3 Å². The maximum absolute atomic E-state index is 12.5. The molecule has 0 heterocycles. The first kappa shape index (κ1) is 83.3. The van der Waals surface area contributed by atoms with Crippen molar-refractivity contribution in [2.45, 2.75) is 456 Å². The van der Waals surface area contributed by atoms with Crippen molar-refractivity contribution in [2.24, 2.45) is 0 Å². The number of carbonyl (C=O) groups is 2. The molecule has 2 unspecified atom stereocenters. The molecule has 0 fully saturated rings. The molecule has 0 aromatic carbocycles. The summed E-state index contributed by atoms with van der Waals surface area (Å²) in [6.07, 6.45) is 95.9. The molecule has 3 N–H and O–H groups in total. The van der Waals surface area contributed by atoms with Crippen molar-refractivity contribution in [2.75, 3.05) is 13.2 Å². The van der Waals surface area contributed by atoms with Crippen molar-refractivity contribution >= 4 is 11.9 Å². The fourth-order valence-corrected chi connectivity index (χ4v) is 12.5. The molecule has 0 saturated carbocycles. The average Bonchev–Trinajstić information content (AvgIpc) is 3.51. The van der Waals surface area contributed by atoms with Crippen LogP contribution in [0, 0.1) is 0 Å². The molecule has 0 aliphatic heterocycles. The highest BCUT2D eigenvalue weighted by molar-refractivity contribution is 5.76. The highest BCUT2D eigenvalue weighted by Gasteiger charge is 2.18. The minimum Gasteiger partial charge on any atom is -0.466 e. The summed E-state index contributed by atoms with van der Waals surface area (Å²) in [6, 6.07) is -0.623. The Morgan fingerprint density at radius 3 is 0.847 bits per heavy atom. The Morgan fingerprint density at radius 1 is 0.318 bits per heavy atom. The lowest BCUT2D eigenvalue weighted by molar-refractivity contribution is -0.143. The van der Waals surface area contributed by atoms with Crippen LogP contribution in [0.4, 0.5) is 0 Å². The van der Waals surface area contributed by atoms with Crippen molar-refractivity contribution in [3.05, 3.63) is 24.3 Å². The van der Waals surface area contributed by atoms with Crippen LogP contribution in [0.2, 0.25) is 0 Å². The summed E-state index contributed by atoms with van der Waals surface area (Å²) in [5.41, 5.74) is 0. The van der Waals surface area contributed by atoms with E-state index in [-0.39, 0.29) is 18.5 Å². The van der Waals surface area contributed by atoms with E-state index in [2.05, 4.69) is 31.3 Å². The summed E-state index contributed by atoms with van der Waals surface area (Å²) in [6.45, 7) is 4.93. The van der Waals surface area contributed by atoms with E-state index in [0.717, 1.165) is 44.9 Å². The Hall–Kier alpha value is -1.66. The monoisotopic (exact) mass is 1200 g/mol. The molecule has 0 spiro atoms. The molecule has 0 aromatic rings. The Bertz CT molecular complexity index is 1330. The normalized spacial score (nSPS) is 12.6. The number of ether oxygens (including phenoxy) is 1. The van der Waals surface area contributed by atoms with Crippen LogP contribution >= 0.6 is 0 Å². The van der Waals surface area contributed by atoms with Crippen LogP contribution in [0.5, 0.6) is 0 Å². The van der Waals surface area contributed by atoms with Gasteiger partial charge in [-0.3, -0.25) is 9.59 Å². The molecule has 0 aliphatic carbocycles. The molecule has 0 radical (unpaired) electrons. The topological polar surface area (TPSA) is 95.9 Å². The van der Waals surface area contributed by atoms with Crippen LogP contribution < -0.4 is 5.32 Å². The number of amides is 1. The molecule has 6 heteroatoms. The first-order valence-corrected chi connectivity index (χ1v) is 39.1. The summed E-state index contributed by atoms with van der Waals surface area (Å²) < 4.78 is 5.49. The van der Waals surface area contributed by atoms with Gasteiger partial charge in [-0.25, -0.2) is 0 Å². The second-order valence-electron chi connectivity index (χ2n) is 27.0. The molecule has 0 rings (SSSR count). The van der Waals surface area contributed by atoms with Crippen LogP contribution in [-0.4, -0.2) is 47.4 Å². The predicted octanol–water partition coefficient (Wildman–Crippen LogP) is 25.7. The number of aliphatic hydroxyl groups is 2. The van der Waals surface area contributed by atoms with Gasteiger partial charge >= 0.3 is 5.97 Å². The lowest BCUT2D eigenvalue weighted by Gasteiger charge is -2.20. The molecular formula is C79H153NO5. The number of esters is 1. The van der Waals surface area contributed by atoms with Gasteiger partial charge in [-0.05, 0) is 57.8 Å². The average molecular weight is 1200 g/mol. The molecule has 0 aromatic heterocycles. The lowest BCUT2D eigenvalue weighted by atomic mass is 10.0. The Labute approximate surface area is 532 Å². The van der Waals surface area contributed by atoms with Crippen molar-refractivity contribution in [1.82, 2.24) is 5.32 Å². The van der Waals surface area contributed by atoms with E-state index in [1.54, 1.807) is 6.08 Å². The van der Waals surface area contributed by atoms with Gasteiger partial charge in [0.15, 0.2) is 0 Å². The summed E-state index contributed by atoms with van der Waals surface area (Å²) in [7, 11) is 0. The van der Waals surface area contributed by atoms with Crippen LogP contribution in [0.3, 0.4) is 0 Å². The Balaban J connectivity index is 3.32. The van der Waals surface area contributed by atoms with Gasteiger partial charge in [0, 0.05) is 12.8 Å². The number of hydrogen-bond donors (Lipinski definition) is 3. The highest BCUT2D eigenvalue weighted by atomic mass is 16.5. The fraction of sp³-hybridized carbons (Fsp3) is 0.924. The molecule has 1 amide bonds. The third-order valence-corrected chi connectivity index (χ3v) is 18.5. The van der Waals surface area contributed by atoms with Gasteiger partial charge in [0.05, 0.1) is 25.4 Å². The minimum absolute atomic E-state index is 0.0146. The summed E-state index contributed by atoms with van der Waals surface area (Å²) in [4.78, 5) is 24.6. The Kier molecular flexibility index (Phi) is 73.3. The molecule has 6 nitrogen and oxygen atoms in total. The number of carbonyl (C=O) groups excluding carboxylic acids is 2. The number of hydrogen-bond acceptors (Lipinski definition) is 5. The van der Waals surface area contributed by atoms with Gasteiger partial charge in [0.1, 0.15) is 0 Å². The van der Waals surface area contributed by atoms with E-state index in [1.165, 1.54) is 372 Å². The minimum atomic E-state index is -0.840. The van der Waals surface area contributed by atoms with E-state index < -0.39 is 12.1 Å². The number of unbranched alkanes of at least 4 members (excludes halogenated alkanes) is 61. The SMILES string of the molecule is CCCCCC/C=C\CCCCCCCC(=O)OCCCCCCCCCCCCCCCCCCCCCCCCCCCCCCCCCCCCCCCC(=O)NC(CO)C(O)/C=C/CCCCCCCCCCCCCCCCCC. The van der Waals surface area contributed by atoms with Crippen molar-refractivity contribution < 1.29 is 24.5 Å². The van der Waals surface area contributed by atoms with Crippen LogP contribution in [-0.2, 0) is 14.3 Å². The first-order chi connectivity index (χ1) is 42.0. The van der Waals surface area contributed by atoms with Gasteiger partial charge in [0.2, 0.25) is 5.91 Å². The lowest BCUT2D eigenvalue weighted by Crippen LogP contribution is -2.45. The van der Waals surface area contributed by atoms with Crippen molar-refractivity contribution in [1.29, 1.82) is 0 Å². The summed E-state index contributed by atoms with van der Waals surface area (Å²) in [5, 5.41) is 23.2. The predicted molar refractivity (Wildman–Crippen MR) is 375 cm³/mol. The smallest absolute Gasteiger partial charge is 0.305 e. The molecule has 0 aliphatic rings. The third-order valence-electron chi connectivity index (χ3n) is 18.5. The highest BCUT2D eigenvalue weighted by Crippen LogP contribution is 2.20. The maximum Gasteiger partial charge on any atom is 0.305 e. The number of rotatable bonds is 74. The van der Waals surface area contributed by atoms with Crippen molar-refractivity contribution in [3.63, 3.8) is 0 Å². The van der Waals surface area contributed by atoms with Gasteiger partial charge in [0.25, 0.3) is 0 Å². The van der Waals surface area contributed by atoms with Gasteiger partial charge in [-0.1, -0.05) is 398 Å². The van der Waals surface area contributed by atoms with Gasteiger partial charge < -0.3 is 20.3 Å². The zero-order valence-corrected chi connectivity index (χ0v) is 57.9. The largest absolute Gasteiger partial charge is 0.466 e. The van der Waals surface area contributed by atoms with Gasteiger partial charge in [-0.15, -0.1) is 0 Å². The fourth-order valence-electron chi connectivity index (χ4n) is 12.5. The molecule has 2 atom stereocenters. The molecule has 85 heavy (non-hydrogen) atoms. The van der Waals surface area contributed by atoms with Crippen LogP contribution in [0.25, 0.3) is 0 Å². The van der Waals surface area contributed by atoms with E-state index in [1.807, 2.05) is 6.08 Å². The van der Waals surface area contributed by atoms with E-state index in [9.17, 15) is 19.8 Å². The molecule has 0 saturated heterocycles. The number of nitrogens with one attached hydrogen (secondary N) is 1. The maximum atomic E-state index is 12.5. The first-order valence-electron chi connectivity index (χ1n) is 39.1. The third kappa shape index (κ3) is 71.3. The molecular weight excluding hydrogens is 1040 g/mol. The van der Waals surface area contributed by atoms with E-state index in [4.69, 9.17) is 4.74 Å². The number of allylic oxidation sites excluding steroid dienone is 3. The molecule has 504 valence electrons. The second kappa shape index (κ2) is 74.8. The molecule has 0 bridgehead atoms. The van der Waals surface area contributed by atoms with Crippen molar-refractivity contribution in [3.8, 4) is 0 Å². The van der Waals surface area contributed by atoms with E-state index in [0.29, 0.717) is 19.4 Å². The standard InChI is InChI=1S/C79H153NO5/c1-3-5-7-9-11-13-15-17-18-19-41-44-48-51-55-59-63-67-71-77(82)76(75-81)80-78(83)72-68-64-60-56-52-49-45-42-39-37-35-33-31-29-27-25-23-21-20-22-24-26-28-30-32-34-36-38-40-43-46-50-54-58-62-66-70-74-85-79(84)73-69-65-61-57-53-47-16-14-12-10-8-6-4-2/h14,16,67,71,76-77,81-82H,3-13,15,17-66,68-70,72-75H2,1-2H3,(H,80,83)/b16-14-,71-67+. The van der Waals surface area contributed by atoms with Crippen LogP contribution in [0.1, 0.15) is 444 Å². The van der Waals surface area contributed by atoms with E-state index >= 15 is 0 Å². The van der Waals surface area contributed by atoms with Gasteiger partial charge in [-0.2, -0.15) is 0 Å². The summed E-state index contributed by atoms with van der Waals surface area (Å²) >= 11 is 0. The second-order valence-corrected chi connectivity index (χ2v) is 27.0. The Morgan fingerprint density at radius 2 is 0.553 bits per heavy atom. The zero-order valence-electron chi connectivity index (χ0n) is 57.9. The zero-order chi connectivity index (χ0) is 61.3.